The highest BCUT2D eigenvalue weighted by Crippen LogP contribution is 2.45. The number of hydrogen-bond donors (Lipinski definition) is 0. The number of alkyl halides is 3. The van der Waals surface area contributed by atoms with Crippen molar-refractivity contribution in [3.8, 4) is 5.75 Å². The van der Waals surface area contributed by atoms with Crippen LogP contribution in [0.4, 0.5) is 18.9 Å². The summed E-state index contributed by atoms with van der Waals surface area (Å²) in [5.41, 5.74) is -1.05. The molecular weight excluding hydrogens is 327 g/mol. The van der Waals surface area contributed by atoms with Gasteiger partial charge < -0.3 is 9.64 Å². The summed E-state index contributed by atoms with van der Waals surface area (Å²) in [5.74, 6) is 0.611. The Morgan fingerprint density at radius 2 is 1.96 bits per heavy atom. The standard InChI is InChI=1S/C17H21ClF3NO/c1-5-16(17(19,20)21)7-6-12-8-13(18)14(9-15(12)23-16)22(4)10-11(2)3/h6-9,11H,5,10H2,1-4H3. The van der Waals surface area contributed by atoms with Crippen molar-refractivity contribution >= 4 is 23.4 Å². The van der Waals surface area contributed by atoms with E-state index in [9.17, 15) is 13.2 Å². The first kappa shape index (κ1) is 18.0. The third-order valence-electron chi connectivity index (χ3n) is 3.96. The van der Waals surface area contributed by atoms with Crippen molar-refractivity contribution in [1.29, 1.82) is 0 Å². The van der Waals surface area contributed by atoms with Gasteiger partial charge in [0.05, 0.1) is 10.7 Å². The molecule has 2 rings (SSSR count). The van der Waals surface area contributed by atoms with Crippen LogP contribution in [0.2, 0.25) is 5.02 Å². The molecule has 23 heavy (non-hydrogen) atoms. The molecule has 0 bridgehead atoms. The third-order valence-corrected chi connectivity index (χ3v) is 4.26. The number of hydrogen-bond acceptors (Lipinski definition) is 2. The Morgan fingerprint density at radius 1 is 1.30 bits per heavy atom. The average Bonchev–Trinajstić information content (AvgIpc) is 2.44. The molecule has 0 amide bonds. The van der Waals surface area contributed by atoms with E-state index in [1.54, 1.807) is 12.1 Å². The second kappa shape index (κ2) is 6.27. The van der Waals surface area contributed by atoms with Gasteiger partial charge in [-0.05, 0) is 24.5 Å². The van der Waals surface area contributed by atoms with Crippen LogP contribution in [0.25, 0.3) is 6.08 Å². The molecule has 0 N–H and O–H groups in total. The number of ether oxygens (including phenoxy) is 1. The Kier molecular flexibility index (Phi) is 4.90. The van der Waals surface area contributed by atoms with Crippen molar-refractivity contribution in [1.82, 2.24) is 0 Å². The van der Waals surface area contributed by atoms with Gasteiger partial charge >= 0.3 is 6.18 Å². The molecule has 128 valence electrons. The largest absolute Gasteiger partial charge is 0.473 e. The minimum absolute atomic E-state index is 0.188. The van der Waals surface area contributed by atoms with Crippen LogP contribution in [-0.4, -0.2) is 25.4 Å². The van der Waals surface area contributed by atoms with Crippen molar-refractivity contribution in [2.75, 3.05) is 18.5 Å². The Balaban J connectivity index is 2.43. The maximum absolute atomic E-state index is 13.4. The van der Waals surface area contributed by atoms with E-state index in [1.165, 1.54) is 13.0 Å². The van der Waals surface area contributed by atoms with Crippen LogP contribution in [0.1, 0.15) is 32.8 Å². The molecule has 0 saturated heterocycles. The van der Waals surface area contributed by atoms with Crippen LogP contribution in [0, 0.1) is 5.92 Å². The number of halogens is 4. The fourth-order valence-electron chi connectivity index (χ4n) is 2.71. The number of nitrogens with zero attached hydrogens (tertiary/aromatic N) is 1. The normalized spacial score (nSPS) is 20.4. The van der Waals surface area contributed by atoms with Crippen molar-refractivity contribution in [2.45, 2.75) is 39.0 Å². The van der Waals surface area contributed by atoms with Gasteiger partial charge in [0.2, 0.25) is 5.60 Å². The monoisotopic (exact) mass is 347 g/mol. The molecule has 0 saturated carbocycles. The summed E-state index contributed by atoms with van der Waals surface area (Å²) in [6, 6.07) is 3.25. The molecule has 1 heterocycles. The summed E-state index contributed by atoms with van der Waals surface area (Å²) in [6.45, 7) is 6.33. The fraction of sp³-hybridized carbons (Fsp3) is 0.529. The zero-order chi connectivity index (χ0) is 17.4. The fourth-order valence-corrected chi connectivity index (χ4v) is 3.03. The molecule has 1 unspecified atom stereocenters. The molecule has 0 aromatic heterocycles. The van der Waals surface area contributed by atoms with Gasteiger partial charge in [-0.2, -0.15) is 13.2 Å². The third kappa shape index (κ3) is 3.44. The summed E-state index contributed by atoms with van der Waals surface area (Å²) in [6.07, 6.45) is -2.15. The van der Waals surface area contributed by atoms with Crippen LogP contribution >= 0.6 is 11.6 Å². The van der Waals surface area contributed by atoms with E-state index in [2.05, 4.69) is 13.8 Å². The van der Waals surface area contributed by atoms with E-state index in [-0.39, 0.29) is 12.2 Å². The van der Waals surface area contributed by atoms with Crippen LogP contribution in [0.15, 0.2) is 18.2 Å². The maximum Gasteiger partial charge on any atom is 0.432 e. The van der Waals surface area contributed by atoms with E-state index >= 15 is 0 Å². The zero-order valence-corrected chi connectivity index (χ0v) is 14.4. The van der Waals surface area contributed by atoms with E-state index in [0.29, 0.717) is 22.2 Å². The van der Waals surface area contributed by atoms with E-state index in [4.69, 9.17) is 16.3 Å². The number of rotatable bonds is 4. The molecule has 2 nitrogen and oxygen atoms in total. The highest BCUT2D eigenvalue weighted by molar-refractivity contribution is 6.33. The zero-order valence-electron chi connectivity index (χ0n) is 13.7. The van der Waals surface area contributed by atoms with Crippen molar-refractivity contribution < 1.29 is 17.9 Å². The van der Waals surface area contributed by atoms with Gasteiger partial charge in [0.25, 0.3) is 0 Å². The molecule has 0 spiro atoms. The van der Waals surface area contributed by atoms with Gasteiger partial charge in [-0.25, -0.2) is 0 Å². The van der Waals surface area contributed by atoms with Gasteiger partial charge in [-0.3, -0.25) is 0 Å². The molecule has 1 aliphatic rings. The van der Waals surface area contributed by atoms with Gasteiger partial charge in [0.15, 0.2) is 0 Å². The summed E-state index contributed by atoms with van der Waals surface area (Å²) >= 11 is 6.28. The Labute approximate surface area is 139 Å². The Hall–Kier alpha value is -1.36. The SMILES string of the molecule is CCC1(C(F)(F)F)C=Cc2cc(Cl)c(N(C)CC(C)C)cc2O1. The lowest BCUT2D eigenvalue weighted by molar-refractivity contribution is -0.230. The summed E-state index contributed by atoms with van der Waals surface area (Å²) < 4.78 is 45.6. The van der Waals surface area contributed by atoms with Crippen LogP contribution in [0.5, 0.6) is 5.75 Å². The molecule has 1 atom stereocenters. The van der Waals surface area contributed by atoms with Crippen LogP contribution in [0.3, 0.4) is 0 Å². The van der Waals surface area contributed by atoms with Gasteiger partial charge in [0.1, 0.15) is 5.75 Å². The molecule has 0 aliphatic carbocycles. The van der Waals surface area contributed by atoms with Crippen LogP contribution in [-0.2, 0) is 0 Å². The van der Waals surface area contributed by atoms with Crippen molar-refractivity contribution in [2.24, 2.45) is 5.92 Å². The molecule has 1 aliphatic heterocycles. The summed E-state index contributed by atoms with van der Waals surface area (Å²) in [5, 5.41) is 0.496. The lowest BCUT2D eigenvalue weighted by Crippen LogP contribution is -2.49. The second-order valence-corrected chi connectivity index (χ2v) is 6.70. The predicted molar refractivity (Wildman–Crippen MR) is 88.3 cm³/mol. The molecular formula is C17H21ClF3NO. The van der Waals surface area contributed by atoms with E-state index in [0.717, 1.165) is 12.6 Å². The molecule has 0 fully saturated rings. The first-order valence-electron chi connectivity index (χ1n) is 7.59. The highest BCUT2D eigenvalue weighted by atomic mass is 35.5. The maximum atomic E-state index is 13.4. The summed E-state index contributed by atoms with van der Waals surface area (Å²) in [4.78, 5) is 1.93. The first-order chi connectivity index (χ1) is 10.6. The lowest BCUT2D eigenvalue weighted by atomic mass is 9.94. The topological polar surface area (TPSA) is 12.5 Å². The highest BCUT2D eigenvalue weighted by Gasteiger charge is 2.55. The predicted octanol–water partition coefficient (Wildman–Crippen LogP) is 5.55. The average molecular weight is 348 g/mol. The molecule has 6 heteroatoms. The van der Waals surface area contributed by atoms with E-state index in [1.807, 2.05) is 11.9 Å². The minimum atomic E-state index is -4.47. The Bertz CT molecular complexity index is 613. The smallest absolute Gasteiger partial charge is 0.432 e. The number of benzene rings is 1. The van der Waals surface area contributed by atoms with Gasteiger partial charge in [0, 0.05) is 25.2 Å². The Morgan fingerprint density at radius 3 is 2.48 bits per heavy atom. The van der Waals surface area contributed by atoms with Crippen LogP contribution < -0.4 is 9.64 Å². The van der Waals surface area contributed by atoms with Crippen molar-refractivity contribution in [3.05, 3.63) is 28.8 Å². The summed E-state index contributed by atoms with van der Waals surface area (Å²) in [7, 11) is 1.86. The lowest BCUT2D eigenvalue weighted by Gasteiger charge is -2.36. The molecule has 1 aromatic rings. The first-order valence-corrected chi connectivity index (χ1v) is 7.97. The van der Waals surface area contributed by atoms with Gasteiger partial charge in [-0.15, -0.1) is 0 Å². The van der Waals surface area contributed by atoms with Gasteiger partial charge in [-0.1, -0.05) is 38.4 Å². The minimum Gasteiger partial charge on any atom is -0.473 e. The number of fused-ring (bicyclic) bond motifs is 1. The van der Waals surface area contributed by atoms with E-state index < -0.39 is 11.8 Å². The molecule has 1 aromatic carbocycles. The quantitative estimate of drug-likeness (QED) is 0.708. The van der Waals surface area contributed by atoms with Crippen molar-refractivity contribution in [3.63, 3.8) is 0 Å². The second-order valence-electron chi connectivity index (χ2n) is 6.29. The molecule has 0 radical (unpaired) electrons. The number of anilines is 1.